The van der Waals surface area contributed by atoms with Gasteiger partial charge in [0.15, 0.2) is 0 Å². The van der Waals surface area contributed by atoms with Crippen LogP contribution in [-0.2, 0) is 9.53 Å². The average molecular weight is 309 g/mol. The van der Waals surface area contributed by atoms with Crippen LogP contribution in [0.3, 0.4) is 0 Å². The molecule has 2 aliphatic carbocycles. The van der Waals surface area contributed by atoms with Crippen LogP contribution in [0.4, 0.5) is 0 Å². The number of aliphatic hydroxyl groups excluding tert-OH is 1. The van der Waals surface area contributed by atoms with Crippen LogP contribution in [0.15, 0.2) is 0 Å². The minimum Gasteiger partial charge on any atom is -0.462 e. The summed E-state index contributed by atoms with van der Waals surface area (Å²) >= 11 is 0. The van der Waals surface area contributed by atoms with Gasteiger partial charge in [0.05, 0.1) is 12.0 Å². The summed E-state index contributed by atoms with van der Waals surface area (Å²) in [5.74, 6) is 1.29. The van der Waals surface area contributed by atoms with Crippen molar-refractivity contribution in [2.75, 3.05) is 13.1 Å². The Hall–Kier alpha value is -0.610. The van der Waals surface area contributed by atoms with Gasteiger partial charge in [0.25, 0.3) is 0 Å². The molecule has 1 saturated heterocycles. The highest BCUT2D eigenvalue weighted by atomic mass is 16.6. The monoisotopic (exact) mass is 309 g/mol. The highest BCUT2D eigenvalue weighted by Crippen LogP contribution is 2.56. The Morgan fingerprint density at radius 3 is 2.91 bits per heavy atom. The van der Waals surface area contributed by atoms with Gasteiger partial charge in [0, 0.05) is 12.5 Å². The molecule has 3 rings (SSSR count). The second-order valence-corrected chi connectivity index (χ2v) is 8.07. The first-order valence-electron chi connectivity index (χ1n) is 9.06. The van der Waals surface area contributed by atoms with Crippen LogP contribution in [0.1, 0.15) is 52.9 Å². The molecule has 7 atom stereocenters. The summed E-state index contributed by atoms with van der Waals surface area (Å²) < 4.78 is 5.74. The van der Waals surface area contributed by atoms with E-state index in [1.165, 1.54) is 0 Å². The summed E-state index contributed by atoms with van der Waals surface area (Å²) in [5, 5.41) is 14.0. The van der Waals surface area contributed by atoms with Gasteiger partial charge in [-0.25, -0.2) is 0 Å². The quantitative estimate of drug-likeness (QED) is 0.618. The van der Waals surface area contributed by atoms with Crippen molar-refractivity contribution in [2.24, 2.45) is 29.1 Å². The molecular weight excluding hydrogens is 278 g/mol. The van der Waals surface area contributed by atoms with Gasteiger partial charge in [-0.3, -0.25) is 4.79 Å². The molecular formula is C18H31NO3. The largest absolute Gasteiger partial charge is 0.462 e. The summed E-state index contributed by atoms with van der Waals surface area (Å²) in [6.07, 6.45) is 4.84. The Morgan fingerprint density at radius 1 is 1.41 bits per heavy atom. The molecule has 3 aliphatic rings. The molecule has 0 amide bonds. The standard InChI is InChI=1S/C18H31NO3/c1-4-7-19-10-13-12-9-18(3)14(5-6-16(18)20)11(2)8-15(12)22-17(13)21/h11-16,19-20H,4-10H2,1-3H3/t11-,12-,13+,14+,15+,16+,18+/m1/s1. The van der Waals surface area contributed by atoms with E-state index in [0.29, 0.717) is 11.8 Å². The molecule has 0 bridgehead atoms. The molecule has 2 saturated carbocycles. The van der Waals surface area contributed by atoms with Gasteiger partial charge in [0.1, 0.15) is 6.10 Å². The first-order valence-corrected chi connectivity index (χ1v) is 9.06. The van der Waals surface area contributed by atoms with E-state index in [-0.39, 0.29) is 35.4 Å². The van der Waals surface area contributed by atoms with Crippen LogP contribution in [0.2, 0.25) is 0 Å². The lowest BCUT2D eigenvalue weighted by molar-refractivity contribution is -0.144. The number of carbonyl (C=O) groups is 1. The van der Waals surface area contributed by atoms with E-state index >= 15 is 0 Å². The zero-order chi connectivity index (χ0) is 15.9. The number of rotatable bonds is 4. The van der Waals surface area contributed by atoms with Crippen molar-refractivity contribution in [1.29, 1.82) is 0 Å². The third-order valence-electron chi connectivity index (χ3n) is 6.68. The molecule has 4 heteroatoms. The van der Waals surface area contributed by atoms with Crippen molar-refractivity contribution >= 4 is 5.97 Å². The van der Waals surface area contributed by atoms with Crippen LogP contribution in [0.5, 0.6) is 0 Å². The summed E-state index contributed by atoms with van der Waals surface area (Å²) in [6.45, 7) is 8.32. The molecule has 126 valence electrons. The minimum atomic E-state index is -0.223. The fourth-order valence-corrected chi connectivity index (χ4v) is 5.43. The van der Waals surface area contributed by atoms with Crippen LogP contribution < -0.4 is 5.32 Å². The van der Waals surface area contributed by atoms with Gasteiger partial charge in [-0.1, -0.05) is 20.8 Å². The molecule has 22 heavy (non-hydrogen) atoms. The van der Waals surface area contributed by atoms with Crippen molar-refractivity contribution in [2.45, 2.75) is 65.1 Å². The molecule has 0 unspecified atom stereocenters. The topological polar surface area (TPSA) is 58.6 Å². The van der Waals surface area contributed by atoms with E-state index in [1.807, 2.05) is 0 Å². The molecule has 0 spiro atoms. The Labute approximate surface area is 134 Å². The van der Waals surface area contributed by atoms with Crippen molar-refractivity contribution in [3.05, 3.63) is 0 Å². The third kappa shape index (κ3) is 2.58. The Bertz CT molecular complexity index is 427. The summed E-state index contributed by atoms with van der Waals surface area (Å²) in [4.78, 5) is 12.3. The second kappa shape index (κ2) is 6.12. The van der Waals surface area contributed by atoms with Crippen LogP contribution in [0.25, 0.3) is 0 Å². The molecule has 4 nitrogen and oxygen atoms in total. The number of ether oxygens (including phenoxy) is 1. The molecule has 3 fully saturated rings. The molecule has 0 radical (unpaired) electrons. The van der Waals surface area contributed by atoms with Gasteiger partial charge >= 0.3 is 5.97 Å². The molecule has 0 aromatic carbocycles. The van der Waals surface area contributed by atoms with E-state index in [1.54, 1.807) is 0 Å². The first-order chi connectivity index (χ1) is 10.5. The number of hydrogen-bond acceptors (Lipinski definition) is 4. The fraction of sp³-hybridized carbons (Fsp3) is 0.944. The van der Waals surface area contributed by atoms with Gasteiger partial charge in [0.2, 0.25) is 0 Å². The lowest BCUT2D eigenvalue weighted by atomic mass is 9.68. The zero-order valence-electron chi connectivity index (χ0n) is 14.2. The zero-order valence-corrected chi connectivity index (χ0v) is 14.2. The lowest BCUT2D eigenvalue weighted by Crippen LogP contribution is -2.38. The maximum absolute atomic E-state index is 12.3. The number of nitrogens with one attached hydrogen (secondary N) is 1. The maximum Gasteiger partial charge on any atom is 0.310 e. The fourth-order valence-electron chi connectivity index (χ4n) is 5.43. The van der Waals surface area contributed by atoms with Crippen molar-refractivity contribution in [1.82, 2.24) is 5.32 Å². The molecule has 2 N–H and O–H groups in total. The lowest BCUT2D eigenvalue weighted by Gasteiger charge is -2.37. The first kappa shape index (κ1) is 16.3. The van der Waals surface area contributed by atoms with Crippen molar-refractivity contribution < 1.29 is 14.6 Å². The SMILES string of the molecule is CCCNC[C@@H]1C(=O)O[C@H]2C[C@@H](C)[C@@H]3CC[C@H](O)[C@@]3(C)C[C@@H]21. The second-order valence-electron chi connectivity index (χ2n) is 8.07. The minimum absolute atomic E-state index is 0.0275. The average Bonchev–Trinajstić information content (AvgIpc) is 2.87. The predicted molar refractivity (Wildman–Crippen MR) is 85.3 cm³/mol. The molecule has 0 aromatic rings. The number of carbonyl (C=O) groups excluding carboxylic acids is 1. The van der Waals surface area contributed by atoms with Gasteiger partial charge in [-0.15, -0.1) is 0 Å². The van der Waals surface area contributed by atoms with Crippen molar-refractivity contribution in [3.63, 3.8) is 0 Å². The number of esters is 1. The Morgan fingerprint density at radius 2 is 2.18 bits per heavy atom. The summed E-state index contributed by atoms with van der Waals surface area (Å²) in [5.41, 5.74) is -0.0458. The Kier molecular flexibility index (Phi) is 4.52. The highest BCUT2D eigenvalue weighted by molar-refractivity contribution is 5.75. The van der Waals surface area contributed by atoms with E-state index in [4.69, 9.17) is 4.74 Å². The van der Waals surface area contributed by atoms with Gasteiger partial charge < -0.3 is 15.2 Å². The Balaban J connectivity index is 1.80. The van der Waals surface area contributed by atoms with E-state index in [0.717, 1.165) is 45.2 Å². The van der Waals surface area contributed by atoms with E-state index < -0.39 is 0 Å². The van der Waals surface area contributed by atoms with Gasteiger partial charge in [-0.2, -0.15) is 0 Å². The number of hydrogen-bond donors (Lipinski definition) is 2. The van der Waals surface area contributed by atoms with Crippen LogP contribution >= 0.6 is 0 Å². The molecule has 1 heterocycles. The number of fused-ring (bicyclic) bond motifs is 2. The highest BCUT2D eigenvalue weighted by Gasteiger charge is 2.57. The predicted octanol–water partition coefficient (Wildman–Crippen LogP) is 2.35. The van der Waals surface area contributed by atoms with E-state index in [2.05, 4.69) is 26.1 Å². The third-order valence-corrected chi connectivity index (χ3v) is 6.68. The smallest absolute Gasteiger partial charge is 0.310 e. The van der Waals surface area contributed by atoms with Crippen LogP contribution in [0, 0.1) is 29.1 Å². The number of aliphatic hydroxyl groups is 1. The van der Waals surface area contributed by atoms with Crippen molar-refractivity contribution in [3.8, 4) is 0 Å². The summed E-state index contributed by atoms with van der Waals surface area (Å²) in [7, 11) is 0. The van der Waals surface area contributed by atoms with Gasteiger partial charge in [-0.05, 0) is 55.9 Å². The van der Waals surface area contributed by atoms with E-state index in [9.17, 15) is 9.90 Å². The molecule has 0 aromatic heterocycles. The summed E-state index contributed by atoms with van der Waals surface area (Å²) in [6, 6.07) is 0. The maximum atomic E-state index is 12.3. The van der Waals surface area contributed by atoms with Crippen LogP contribution in [-0.4, -0.2) is 36.4 Å². The molecule has 1 aliphatic heterocycles. The normalized spacial score (nSPS) is 47.7.